The summed E-state index contributed by atoms with van der Waals surface area (Å²) in [6.45, 7) is 0. The van der Waals surface area contributed by atoms with Gasteiger partial charge in [0.25, 0.3) is 5.35 Å². The van der Waals surface area contributed by atoms with Gasteiger partial charge in [-0.3, -0.25) is 0 Å². The van der Waals surface area contributed by atoms with Crippen molar-refractivity contribution in [1.82, 2.24) is 4.98 Å². The third-order valence-electron chi connectivity index (χ3n) is 2.88. The first-order valence-electron chi connectivity index (χ1n) is 5.81. The Labute approximate surface area is 134 Å². The SMILES string of the molecule is Clc1ccc(-c2cc(Br)ccc2-c2cnc(Cl)o2)cc1. The van der Waals surface area contributed by atoms with Crippen molar-refractivity contribution in [2.45, 2.75) is 0 Å². The van der Waals surface area contributed by atoms with E-state index in [2.05, 4.69) is 20.9 Å². The van der Waals surface area contributed by atoms with Gasteiger partial charge in [-0.15, -0.1) is 0 Å². The monoisotopic (exact) mass is 367 g/mol. The molecule has 20 heavy (non-hydrogen) atoms. The van der Waals surface area contributed by atoms with Gasteiger partial charge in [0.2, 0.25) is 0 Å². The molecule has 5 heteroatoms. The van der Waals surface area contributed by atoms with E-state index >= 15 is 0 Å². The lowest BCUT2D eigenvalue weighted by Gasteiger charge is -2.08. The summed E-state index contributed by atoms with van der Waals surface area (Å²) >= 11 is 15.2. The van der Waals surface area contributed by atoms with Crippen LogP contribution in [0.4, 0.5) is 0 Å². The lowest BCUT2D eigenvalue weighted by atomic mass is 9.98. The standard InChI is InChI=1S/C15H8BrCl2NO/c16-10-3-6-12(14-8-19-15(18)20-14)13(7-10)9-1-4-11(17)5-2-9/h1-8H. The molecule has 0 fully saturated rings. The van der Waals surface area contributed by atoms with Gasteiger partial charge in [0.05, 0.1) is 6.20 Å². The number of hydrogen-bond donors (Lipinski definition) is 0. The van der Waals surface area contributed by atoms with Crippen LogP contribution < -0.4 is 0 Å². The van der Waals surface area contributed by atoms with Gasteiger partial charge in [0.15, 0.2) is 5.76 Å². The van der Waals surface area contributed by atoms with E-state index in [0.717, 1.165) is 21.2 Å². The minimum atomic E-state index is 0.130. The Kier molecular flexibility index (Phi) is 3.83. The minimum absolute atomic E-state index is 0.130. The summed E-state index contributed by atoms with van der Waals surface area (Å²) in [6, 6.07) is 13.6. The Morgan fingerprint density at radius 2 is 1.70 bits per heavy atom. The molecule has 1 aromatic heterocycles. The Hall–Kier alpha value is -1.29. The quantitative estimate of drug-likeness (QED) is 0.547. The van der Waals surface area contributed by atoms with Gasteiger partial charge in [0.1, 0.15) is 0 Å². The van der Waals surface area contributed by atoms with E-state index in [1.807, 2.05) is 42.5 Å². The summed E-state index contributed by atoms with van der Waals surface area (Å²) in [5, 5.41) is 0.831. The number of hydrogen-bond acceptors (Lipinski definition) is 2. The van der Waals surface area contributed by atoms with Gasteiger partial charge in [-0.25, -0.2) is 4.98 Å². The Balaban J connectivity index is 2.18. The molecule has 3 rings (SSSR count). The summed E-state index contributed by atoms with van der Waals surface area (Å²) < 4.78 is 6.39. The smallest absolute Gasteiger partial charge is 0.292 e. The van der Waals surface area contributed by atoms with E-state index in [9.17, 15) is 0 Å². The second-order valence-corrected chi connectivity index (χ2v) is 5.85. The van der Waals surface area contributed by atoms with Crippen molar-refractivity contribution in [3.8, 4) is 22.5 Å². The molecule has 0 bridgehead atoms. The third-order valence-corrected chi connectivity index (χ3v) is 3.80. The highest BCUT2D eigenvalue weighted by molar-refractivity contribution is 9.10. The summed E-state index contributed by atoms with van der Waals surface area (Å²) in [5.41, 5.74) is 2.98. The Morgan fingerprint density at radius 1 is 0.950 bits per heavy atom. The van der Waals surface area contributed by atoms with Crippen molar-refractivity contribution in [3.05, 3.63) is 63.5 Å². The van der Waals surface area contributed by atoms with Crippen LogP contribution in [0.15, 0.2) is 57.6 Å². The van der Waals surface area contributed by atoms with Crippen molar-refractivity contribution < 1.29 is 4.42 Å². The maximum atomic E-state index is 5.94. The van der Waals surface area contributed by atoms with Crippen molar-refractivity contribution in [2.24, 2.45) is 0 Å². The zero-order valence-electron chi connectivity index (χ0n) is 10.1. The number of aromatic nitrogens is 1. The van der Waals surface area contributed by atoms with Crippen LogP contribution in [0.25, 0.3) is 22.5 Å². The summed E-state index contributed by atoms with van der Waals surface area (Å²) in [4.78, 5) is 3.93. The molecule has 0 aliphatic rings. The Bertz CT molecular complexity index is 753. The fourth-order valence-electron chi connectivity index (χ4n) is 1.98. The molecular formula is C15H8BrCl2NO. The zero-order valence-corrected chi connectivity index (χ0v) is 13.2. The van der Waals surface area contributed by atoms with E-state index in [4.69, 9.17) is 27.6 Å². The normalized spacial score (nSPS) is 10.8. The molecule has 0 amide bonds. The van der Waals surface area contributed by atoms with E-state index in [-0.39, 0.29) is 5.35 Å². The summed E-state index contributed by atoms with van der Waals surface area (Å²) in [5.74, 6) is 0.632. The predicted octanol–water partition coefficient (Wildman–Crippen LogP) is 6.08. The van der Waals surface area contributed by atoms with E-state index in [0.29, 0.717) is 10.8 Å². The van der Waals surface area contributed by atoms with E-state index in [1.54, 1.807) is 6.20 Å². The Morgan fingerprint density at radius 3 is 2.35 bits per heavy atom. The number of oxazole rings is 1. The average Bonchev–Trinajstić information content (AvgIpc) is 2.86. The van der Waals surface area contributed by atoms with Crippen LogP contribution in [0.3, 0.4) is 0 Å². The van der Waals surface area contributed by atoms with Gasteiger partial charge in [-0.2, -0.15) is 0 Å². The van der Waals surface area contributed by atoms with E-state index < -0.39 is 0 Å². The molecule has 0 spiro atoms. The maximum absolute atomic E-state index is 5.94. The molecule has 0 radical (unpaired) electrons. The molecule has 0 aliphatic heterocycles. The molecule has 2 nitrogen and oxygen atoms in total. The van der Waals surface area contributed by atoms with Crippen LogP contribution in [-0.4, -0.2) is 4.98 Å². The molecule has 100 valence electrons. The number of nitrogens with zero attached hydrogens (tertiary/aromatic N) is 1. The largest absolute Gasteiger partial charge is 0.428 e. The fourth-order valence-corrected chi connectivity index (χ4v) is 2.60. The van der Waals surface area contributed by atoms with Crippen molar-refractivity contribution >= 4 is 39.1 Å². The van der Waals surface area contributed by atoms with Crippen molar-refractivity contribution in [3.63, 3.8) is 0 Å². The fraction of sp³-hybridized carbons (Fsp3) is 0. The first-order valence-corrected chi connectivity index (χ1v) is 7.35. The molecule has 0 saturated carbocycles. The van der Waals surface area contributed by atoms with Gasteiger partial charge in [0, 0.05) is 15.1 Å². The number of halogens is 3. The first-order chi connectivity index (χ1) is 9.63. The maximum Gasteiger partial charge on any atom is 0.292 e. The first kappa shape index (κ1) is 13.7. The molecule has 0 atom stereocenters. The highest BCUT2D eigenvalue weighted by Crippen LogP contribution is 2.35. The van der Waals surface area contributed by atoms with Gasteiger partial charge < -0.3 is 4.42 Å². The van der Waals surface area contributed by atoms with Crippen LogP contribution in [0.5, 0.6) is 0 Å². The van der Waals surface area contributed by atoms with Crippen molar-refractivity contribution in [2.75, 3.05) is 0 Å². The lowest BCUT2D eigenvalue weighted by molar-refractivity contribution is 0.574. The molecule has 3 aromatic rings. The van der Waals surface area contributed by atoms with Crippen LogP contribution in [0.2, 0.25) is 10.4 Å². The molecule has 0 saturated heterocycles. The van der Waals surface area contributed by atoms with Crippen LogP contribution in [0.1, 0.15) is 0 Å². The predicted molar refractivity (Wildman–Crippen MR) is 85.1 cm³/mol. The second-order valence-electron chi connectivity index (χ2n) is 4.17. The molecule has 0 unspecified atom stereocenters. The summed E-state index contributed by atoms with van der Waals surface area (Å²) in [7, 11) is 0. The number of benzene rings is 2. The van der Waals surface area contributed by atoms with Gasteiger partial charge in [-0.05, 0) is 53.1 Å². The second kappa shape index (κ2) is 5.60. The molecular weight excluding hydrogens is 361 g/mol. The molecule has 2 aromatic carbocycles. The molecule has 1 heterocycles. The molecule has 0 aliphatic carbocycles. The average molecular weight is 369 g/mol. The highest BCUT2D eigenvalue weighted by atomic mass is 79.9. The topological polar surface area (TPSA) is 26.0 Å². The van der Waals surface area contributed by atoms with Crippen molar-refractivity contribution in [1.29, 1.82) is 0 Å². The summed E-state index contributed by atoms with van der Waals surface area (Å²) in [6.07, 6.45) is 1.62. The van der Waals surface area contributed by atoms with Crippen LogP contribution in [-0.2, 0) is 0 Å². The zero-order chi connectivity index (χ0) is 14.1. The van der Waals surface area contributed by atoms with Crippen LogP contribution >= 0.6 is 39.1 Å². The third kappa shape index (κ3) is 2.75. The molecule has 0 N–H and O–H groups in total. The van der Waals surface area contributed by atoms with E-state index in [1.165, 1.54) is 0 Å². The highest BCUT2D eigenvalue weighted by Gasteiger charge is 2.12. The number of rotatable bonds is 2. The van der Waals surface area contributed by atoms with Gasteiger partial charge >= 0.3 is 0 Å². The lowest BCUT2D eigenvalue weighted by Crippen LogP contribution is -1.84. The van der Waals surface area contributed by atoms with Gasteiger partial charge in [-0.1, -0.05) is 39.7 Å². The van der Waals surface area contributed by atoms with Crippen LogP contribution in [0, 0.1) is 0 Å². The minimum Gasteiger partial charge on any atom is -0.428 e.